The van der Waals surface area contributed by atoms with Crippen LogP contribution in [0.15, 0.2) is 24.3 Å². The molecule has 1 heterocycles. The normalized spacial score (nSPS) is 10.2. The van der Waals surface area contributed by atoms with Crippen molar-refractivity contribution in [3.05, 3.63) is 46.6 Å². The van der Waals surface area contributed by atoms with Gasteiger partial charge in [0.1, 0.15) is 18.2 Å². The summed E-state index contributed by atoms with van der Waals surface area (Å²) < 4.78 is 10.8. The molecule has 0 bridgehead atoms. The van der Waals surface area contributed by atoms with Crippen molar-refractivity contribution in [2.75, 3.05) is 7.11 Å². The van der Waals surface area contributed by atoms with Gasteiger partial charge in [-0.25, -0.2) is 0 Å². The number of benzene rings is 1. The smallest absolute Gasteiger partial charge is 0.245 e. The van der Waals surface area contributed by atoms with E-state index in [9.17, 15) is 0 Å². The van der Waals surface area contributed by atoms with Gasteiger partial charge in [-0.05, 0) is 37.1 Å². The molecule has 6 heteroatoms. The predicted octanol–water partition coefficient (Wildman–Crippen LogP) is 1.97. The first-order valence-electron chi connectivity index (χ1n) is 6.47. The highest BCUT2D eigenvalue weighted by atomic mass is 16.5. The van der Waals surface area contributed by atoms with Gasteiger partial charge in [0.2, 0.25) is 5.88 Å². The van der Waals surface area contributed by atoms with Crippen LogP contribution in [0.1, 0.15) is 22.4 Å². The molecule has 110 valence electrons. The third-order valence-electron chi connectivity index (χ3n) is 3.20. The number of hydrogen-bond acceptors (Lipinski definition) is 5. The van der Waals surface area contributed by atoms with Gasteiger partial charge in [-0.3, -0.25) is 5.41 Å². The summed E-state index contributed by atoms with van der Waals surface area (Å²) in [4.78, 5) is 0. The Balaban J connectivity index is 2.24. The van der Waals surface area contributed by atoms with Crippen molar-refractivity contribution < 1.29 is 9.47 Å². The summed E-state index contributed by atoms with van der Waals surface area (Å²) >= 11 is 0. The van der Waals surface area contributed by atoms with Crippen molar-refractivity contribution in [3.63, 3.8) is 0 Å². The van der Waals surface area contributed by atoms with Crippen molar-refractivity contribution in [3.8, 4) is 11.6 Å². The molecule has 1 aromatic heterocycles. The minimum absolute atomic E-state index is 0.0776. The molecule has 3 N–H and O–H groups in total. The fourth-order valence-electron chi connectivity index (χ4n) is 1.92. The molecule has 0 amide bonds. The number of aromatic nitrogens is 2. The van der Waals surface area contributed by atoms with Crippen LogP contribution in [0.2, 0.25) is 0 Å². The summed E-state index contributed by atoms with van der Waals surface area (Å²) in [5.41, 5.74) is 8.57. The van der Waals surface area contributed by atoms with Gasteiger partial charge in [0.05, 0.1) is 18.4 Å². The van der Waals surface area contributed by atoms with Crippen LogP contribution in [-0.4, -0.2) is 23.1 Å². The molecule has 0 radical (unpaired) electrons. The van der Waals surface area contributed by atoms with Gasteiger partial charge in [0.15, 0.2) is 0 Å². The Hall–Kier alpha value is -2.63. The van der Waals surface area contributed by atoms with E-state index in [1.165, 1.54) is 0 Å². The van der Waals surface area contributed by atoms with E-state index in [0.29, 0.717) is 12.2 Å². The van der Waals surface area contributed by atoms with E-state index < -0.39 is 0 Å². The fraction of sp³-hybridized carbons (Fsp3) is 0.267. The van der Waals surface area contributed by atoms with Gasteiger partial charge in [-0.1, -0.05) is 12.1 Å². The first-order chi connectivity index (χ1) is 10.0. The summed E-state index contributed by atoms with van der Waals surface area (Å²) in [6.07, 6.45) is 0. The Morgan fingerprint density at radius 2 is 2.05 bits per heavy atom. The second-order valence-electron chi connectivity index (χ2n) is 4.64. The van der Waals surface area contributed by atoms with Gasteiger partial charge in [-0.15, -0.1) is 5.10 Å². The molecule has 0 saturated carbocycles. The van der Waals surface area contributed by atoms with E-state index in [1.807, 2.05) is 38.1 Å². The van der Waals surface area contributed by atoms with Crippen LogP contribution in [0.25, 0.3) is 0 Å². The lowest BCUT2D eigenvalue weighted by Crippen LogP contribution is -2.17. The Bertz CT molecular complexity index is 671. The molecule has 0 unspecified atom stereocenters. The van der Waals surface area contributed by atoms with Crippen LogP contribution in [0.3, 0.4) is 0 Å². The van der Waals surface area contributed by atoms with E-state index in [1.54, 1.807) is 7.11 Å². The van der Waals surface area contributed by atoms with Crippen molar-refractivity contribution in [2.45, 2.75) is 20.5 Å². The Kier molecular flexibility index (Phi) is 4.37. The molecule has 6 nitrogen and oxygen atoms in total. The zero-order valence-corrected chi connectivity index (χ0v) is 12.3. The van der Waals surface area contributed by atoms with Crippen LogP contribution < -0.4 is 15.2 Å². The van der Waals surface area contributed by atoms with Crippen LogP contribution in [-0.2, 0) is 6.61 Å². The van der Waals surface area contributed by atoms with Gasteiger partial charge in [0, 0.05) is 0 Å². The first kappa shape index (κ1) is 14.8. The van der Waals surface area contributed by atoms with E-state index >= 15 is 0 Å². The van der Waals surface area contributed by atoms with Crippen molar-refractivity contribution >= 4 is 5.84 Å². The first-order valence-corrected chi connectivity index (χ1v) is 6.47. The molecular weight excluding hydrogens is 268 g/mol. The molecule has 0 aliphatic heterocycles. The second kappa shape index (κ2) is 6.21. The minimum Gasteiger partial charge on any atom is -0.497 e. The van der Waals surface area contributed by atoms with Crippen LogP contribution in [0.5, 0.6) is 11.6 Å². The zero-order chi connectivity index (χ0) is 15.4. The quantitative estimate of drug-likeness (QED) is 0.647. The maximum absolute atomic E-state index is 7.67. The molecule has 1 aromatic carbocycles. The molecule has 21 heavy (non-hydrogen) atoms. The number of aryl methyl sites for hydroxylation is 1. The maximum Gasteiger partial charge on any atom is 0.245 e. The van der Waals surface area contributed by atoms with E-state index in [2.05, 4.69) is 10.2 Å². The number of nitrogens with zero attached hydrogens (tertiary/aromatic N) is 2. The molecular formula is C15H18N4O2. The van der Waals surface area contributed by atoms with Crippen molar-refractivity contribution in [1.82, 2.24) is 10.2 Å². The molecule has 0 atom stereocenters. The Morgan fingerprint density at radius 3 is 2.71 bits per heavy atom. The summed E-state index contributed by atoms with van der Waals surface area (Å²) in [6.45, 7) is 3.97. The van der Waals surface area contributed by atoms with Crippen LogP contribution in [0, 0.1) is 19.3 Å². The summed E-state index contributed by atoms with van der Waals surface area (Å²) in [7, 11) is 1.61. The van der Waals surface area contributed by atoms with Crippen LogP contribution in [0.4, 0.5) is 0 Å². The molecule has 0 fully saturated rings. The fourth-order valence-corrected chi connectivity index (χ4v) is 1.92. The van der Waals surface area contributed by atoms with Crippen LogP contribution >= 0.6 is 0 Å². The predicted molar refractivity (Wildman–Crippen MR) is 79.8 cm³/mol. The summed E-state index contributed by atoms with van der Waals surface area (Å²) in [5, 5.41) is 15.7. The highest BCUT2D eigenvalue weighted by molar-refractivity contribution is 5.98. The van der Waals surface area contributed by atoms with Crippen molar-refractivity contribution in [1.29, 1.82) is 5.41 Å². The SMILES string of the molecule is COc1cccc(COc2nnc(C)c(C)c2C(=N)N)c1. The largest absolute Gasteiger partial charge is 0.497 e. The van der Waals surface area contributed by atoms with Crippen molar-refractivity contribution in [2.24, 2.45) is 5.73 Å². The average Bonchev–Trinajstić information content (AvgIpc) is 2.48. The third-order valence-corrected chi connectivity index (χ3v) is 3.20. The topological polar surface area (TPSA) is 94.1 Å². The number of hydrogen-bond donors (Lipinski definition) is 2. The lowest BCUT2D eigenvalue weighted by Gasteiger charge is -2.12. The summed E-state index contributed by atoms with van der Waals surface area (Å²) in [5.74, 6) is 0.952. The molecule has 0 saturated heterocycles. The lowest BCUT2D eigenvalue weighted by molar-refractivity contribution is 0.288. The monoisotopic (exact) mass is 286 g/mol. The number of nitrogens with one attached hydrogen (secondary N) is 1. The molecule has 2 rings (SSSR count). The number of amidine groups is 1. The van der Waals surface area contributed by atoms with E-state index in [0.717, 1.165) is 22.6 Å². The molecule has 0 aliphatic rings. The second-order valence-corrected chi connectivity index (χ2v) is 4.64. The van der Waals surface area contributed by atoms with E-state index in [4.69, 9.17) is 20.6 Å². The van der Waals surface area contributed by atoms with E-state index in [-0.39, 0.29) is 11.7 Å². The average molecular weight is 286 g/mol. The molecule has 0 spiro atoms. The number of nitrogens with two attached hydrogens (primary N) is 1. The summed E-state index contributed by atoms with van der Waals surface area (Å²) in [6, 6.07) is 7.54. The number of rotatable bonds is 5. The minimum atomic E-state index is -0.0776. The zero-order valence-electron chi connectivity index (χ0n) is 12.3. The molecule has 0 aliphatic carbocycles. The van der Waals surface area contributed by atoms with Gasteiger partial charge in [0.25, 0.3) is 0 Å². The number of methoxy groups -OCH3 is 1. The third kappa shape index (κ3) is 3.28. The van der Waals surface area contributed by atoms with Gasteiger partial charge < -0.3 is 15.2 Å². The Labute approximate surface area is 123 Å². The molecule has 2 aromatic rings. The number of ether oxygens (including phenoxy) is 2. The lowest BCUT2D eigenvalue weighted by atomic mass is 10.1. The van der Waals surface area contributed by atoms with Gasteiger partial charge in [-0.2, -0.15) is 5.10 Å². The highest BCUT2D eigenvalue weighted by Gasteiger charge is 2.15. The van der Waals surface area contributed by atoms with Gasteiger partial charge >= 0.3 is 0 Å². The highest BCUT2D eigenvalue weighted by Crippen LogP contribution is 2.21. The number of nitrogen functional groups attached to an aromatic ring is 1. The standard InChI is InChI=1S/C15H18N4O2/c1-9-10(2)18-19-15(13(9)14(16)17)21-8-11-5-4-6-12(7-11)20-3/h4-7H,8H2,1-3H3,(H3,16,17). The Morgan fingerprint density at radius 1 is 1.29 bits per heavy atom. The maximum atomic E-state index is 7.67.